The Labute approximate surface area is 145 Å². The van der Waals surface area contributed by atoms with E-state index in [2.05, 4.69) is 4.74 Å². The second-order valence-corrected chi connectivity index (χ2v) is 6.50. The molecule has 3 nitrogen and oxygen atoms in total. The number of thioether (sulfide) groups is 1. The van der Waals surface area contributed by atoms with Crippen molar-refractivity contribution < 1.29 is 27.1 Å². The van der Waals surface area contributed by atoms with Gasteiger partial charge in [-0.2, -0.15) is 0 Å². The molecule has 0 aliphatic carbocycles. The molecule has 1 aliphatic rings. The maximum absolute atomic E-state index is 13.0. The van der Waals surface area contributed by atoms with Crippen molar-refractivity contribution in [1.82, 2.24) is 4.90 Å². The summed E-state index contributed by atoms with van der Waals surface area (Å²) in [5, 5.41) is -0.422. The van der Waals surface area contributed by atoms with Crippen molar-refractivity contribution in [2.45, 2.75) is 18.3 Å². The Kier molecular flexibility index (Phi) is 4.89. The molecule has 2 aromatic carbocycles. The number of hydrogen-bond donors (Lipinski definition) is 0. The highest BCUT2D eigenvalue weighted by Crippen LogP contribution is 2.40. The minimum absolute atomic E-state index is 0.124. The van der Waals surface area contributed by atoms with Crippen LogP contribution in [0.25, 0.3) is 0 Å². The van der Waals surface area contributed by atoms with Gasteiger partial charge < -0.3 is 9.64 Å². The summed E-state index contributed by atoms with van der Waals surface area (Å²) < 4.78 is 54.1. The average Bonchev–Trinajstić information content (AvgIpc) is 2.89. The highest BCUT2D eigenvalue weighted by Gasteiger charge is 2.34. The van der Waals surface area contributed by atoms with Gasteiger partial charge in [0.2, 0.25) is 5.91 Å². The van der Waals surface area contributed by atoms with Gasteiger partial charge in [0.15, 0.2) is 0 Å². The van der Waals surface area contributed by atoms with E-state index in [-0.39, 0.29) is 29.8 Å². The summed E-state index contributed by atoms with van der Waals surface area (Å²) in [4.78, 5) is 13.7. The number of halogens is 4. The third kappa shape index (κ3) is 4.45. The maximum atomic E-state index is 13.0. The maximum Gasteiger partial charge on any atom is 0.573 e. The molecule has 0 spiro atoms. The van der Waals surface area contributed by atoms with E-state index in [4.69, 9.17) is 0 Å². The van der Waals surface area contributed by atoms with Crippen LogP contribution >= 0.6 is 11.8 Å². The van der Waals surface area contributed by atoms with Crippen LogP contribution in [0.5, 0.6) is 5.75 Å². The zero-order valence-electron chi connectivity index (χ0n) is 12.8. The van der Waals surface area contributed by atoms with Gasteiger partial charge in [-0.1, -0.05) is 24.3 Å². The van der Waals surface area contributed by atoms with Crippen LogP contribution in [0, 0.1) is 5.82 Å². The quantitative estimate of drug-likeness (QED) is 0.742. The van der Waals surface area contributed by atoms with Gasteiger partial charge in [-0.25, -0.2) is 4.39 Å². The number of benzene rings is 2. The Morgan fingerprint density at radius 3 is 2.56 bits per heavy atom. The first-order valence-electron chi connectivity index (χ1n) is 7.33. The Morgan fingerprint density at radius 2 is 1.88 bits per heavy atom. The number of ether oxygens (including phenoxy) is 1. The summed E-state index contributed by atoms with van der Waals surface area (Å²) in [7, 11) is 0. The molecule has 0 aromatic heterocycles. The van der Waals surface area contributed by atoms with Gasteiger partial charge in [0.25, 0.3) is 0 Å². The lowest BCUT2D eigenvalue weighted by Gasteiger charge is -2.24. The molecule has 1 amide bonds. The Hall–Kier alpha value is -2.22. The van der Waals surface area contributed by atoms with E-state index in [0.717, 1.165) is 5.56 Å². The van der Waals surface area contributed by atoms with Crippen LogP contribution in [0.4, 0.5) is 17.6 Å². The predicted molar refractivity (Wildman–Crippen MR) is 85.3 cm³/mol. The van der Waals surface area contributed by atoms with Gasteiger partial charge in [0, 0.05) is 6.54 Å². The average molecular weight is 371 g/mol. The molecule has 0 radical (unpaired) electrons. The first-order valence-corrected chi connectivity index (χ1v) is 8.38. The van der Waals surface area contributed by atoms with Crippen molar-refractivity contribution >= 4 is 17.7 Å². The van der Waals surface area contributed by atoms with E-state index in [9.17, 15) is 22.4 Å². The smallest absolute Gasteiger partial charge is 0.406 e. The summed E-state index contributed by atoms with van der Waals surface area (Å²) in [6, 6.07) is 11.3. The minimum atomic E-state index is -4.77. The summed E-state index contributed by atoms with van der Waals surface area (Å²) in [6.45, 7) is 0.251. The zero-order valence-corrected chi connectivity index (χ0v) is 13.6. The lowest BCUT2D eigenvalue weighted by molar-refractivity contribution is -0.274. The standard InChI is InChI=1S/C17H13F4NO2S/c18-13-6-4-11(5-7-13)9-22-15(23)10-25-16(22)12-2-1-3-14(8-12)24-17(19,20)21/h1-8,16H,9-10H2. The van der Waals surface area contributed by atoms with Crippen molar-refractivity contribution in [3.05, 3.63) is 65.5 Å². The number of hydrogen-bond acceptors (Lipinski definition) is 3. The van der Waals surface area contributed by atoms with Crippen LogP contribution in [0.15, 0.2) is 48.5 Å². The second-order valence-electron chi connectivity index (χ2n) is 5.43. The third-order valence-corrected chi connectivity index (χ3v) is 4.87. The van der Waals surface area contributed by atoms with E-state index >= 15 is 0 Å². The predicted octanol–water partition coefficient (Wildman–Crippen LogP) is 4.50. The van der Waals surface area contributed by atoms with Crippen LogP contribution in [0.3, 0.4) is 0 Å². The fourth-order valence-electron chi connectivity index (χ4n) is 2.55. The summed E-state index contributed by atoms with van der Waals surface area (Å²) >= 11 is 1.33. The fraction of sp³-hybridized carbons (Fsp3) is 0.235. The van der Waals surface area contributed by atoms with Crippen molar-refractivity contribution in [3.8, 4) is 5.75 Å². The van der Waals surface area contributed by atoms with Gasteiger partial charge in [-0.05, 0) is 35.4 Å². The molecule has 1 saturated heterocycles. The summed E-state index contributed by atoms with van der Waals surface area (Å²) in [6.07, 6.45) is -4.77. The van der Waals surface area contributed by atoms with Crippen molar-refractivity contribution in [3.63, 3.8) is 0 Å². The van der Waals surface area contributed by atoms with Gasteiger partial charge in [0.1, 0.15) is 16.9 Å². The van der Waals surface area contributed by atoms with Crippen molar-refractivity contribution in [2.75, 3.05) is 5.75 Å². The van der Waals surface area contributed by atoms with E-state index < -0.39 is 11.7 Å². The number of alkyl halides is 3. The molecular weight excluding hydrogens is 358 g/mol. The van der Waals surface area contributed by atoms with E-state index in [1.165, 1.54) is 42.1 Å². The van der Waals surface area contributed by atoms with Gasteiger partial charge >= 0.3 is 6.36 Å². The van der Waals surface area contributed by atoms with Crippen LogP contribution in [-0.2, 0) is 11.3 Å². The minimum Gasteiger partial charge on any atom is -0.406 e. The molecule has 25 heavy (non-hydrogen) atoms. The lowest BCUT2D eigenvalue weighted by atomic mass is 10.1. The molecule has 1 unspecified atom stereocenters. The molecule has 1 atom stereocenters. The van der Waals surface area contributed by atoms with Gasteiger partial charge in [0.05, 0.1) is 5.75 Å². The normalized spacial score (nSPS) is 17.8. The molecule has 132 valence electrons. The lowest BCUT2D eigenvalue weighted by Crippen LogP contribution is -2.27. The topological polar surface area (TPSA) is 29.5 Å². The summed E-state index contributed by atoms with van der Waals surface area (Å²) in [5.74, 6) is -0.594. The van der Waals surface area contributed by atoms with E-state index in [1.807, 2.05) is 0 Å². The van der Waals surface area contributed by atoms with Gasteiger partial charge in [-0.15, -0.1) is 24.9 Å². The number of amides is 1. The SMILES string of the molecule is O=C1CSC(c2cccc(OC(F)(F)F)c2)N1Cc1ccc(F)cc1. The molecule has 3 rings (SSSR count). The number of carbonyl (C=O) groups excluding carboxylic acids is 1. The molecule has 1 fully saturated rings. The monoisotopic (exact) mass is 371 g/mol. The molecule has 2 aromatic rings. The highest BCUT2D eigenvalue weighted by molar-refractivity contribution is 8.00. The van der Waals surface area contributed by atoms with Crippen molar-refractivity contribution in [1.29, 1.82) is 0 Å². The zero-order chi connectivity index (χ0) is 18.0. The van der Waals surface area contributed by atoms with Crippen molar-refractivity contribution in [2.24, 2.45) is 0 Å². The van der Waals surface area contributed by atoms with Gasteiger partial charge in [-0.3, -0.25) is 4.79 Å². The Morgan fingerprint density at radius 1 is 1.16 bits per heavy atom. The molecule has 1 heterocycles. The van der Waals surface area contributed by atoms with E-state index in [0.29, 0.717) is 5.56 Å². The van der Waals surface area contributed by atoms with Crippen LogP contribution in [0.2, 0.25) is 0 Å². The third-order valence-electron chi connectivity index (χ3n) is 3.61. The first-order chi connectivity index (χ1) is 11.8. The summed E-state index contributed by atoms with van der Waals surface area (Å²) in [5.41, 5.74) is 1.28. The highest BCUT2D eigenvalue weighted by atomic mass is 32.2. The molecule has 1 aliphatic heterocycles. The van der Waals surface area contributed by atoms with Crippen LogP contribution in [-0.4, -0.2) is 22.9 Å². The molecule has 0 N–H and O–H groups in total. The number of carbonyl (C=O) groups is 1. The van der Waals surface area contributed by atoms with E-state index in [1.54, 1.807) is 23.1 Å². The Bertz CT molecular complexity index is 764. The molecule has 0 bridgehead atoms. The molecule has 0 saturated carbocycles. The molecule has 8 heteroatoms. The fourth-order valence-corrected chi connectivity index (χ4v) is 3.73. The Balaban J connectivity index is 1.81. The second kappa shape index (κ2) is 6.95. The number of rotatable bonds is 4. The van der Waals surface area contributed by atoms with Crippen LogP contribution in [0.1, 0.15) is 16.5 Å². The number of nitrogens with zero attached hydrogens (tertiary/aromatic N) is 1. The first kappa shape index (κ1) is 17.6. The molecular formula is C17H13F4NO2S. The van der Waals surface area contributed by atoms with Crippen LogP contribution < -0.4 is 4.74 Å². The largest absolute Gasteiger partial charge is 0.573 e.